The highest BCUT2D eigenvalue weighted by Crippen LogP contribution is 2.33. The zero-order valence-electron chi connectivity index (χ0n) is 8.59. The van der Waals surface area contributed by atoms with E-state index in [2.05, 4.69) is 18.8 Å². The van der Waals surface area contributed by atoms with Crippen LogP contribution in [0.25, 0.3) is 0 Å². The molecule has 1 fully saturated rings. The van der Waals surface area contributed by atoms with Gasteiger partial charge in [0.25, 0.3) is 0 Å². The predicted octanol–water partition coefficient (Wildman–Crippen LogP) is 2.31. The van der Waals surface area contributed by atoms with Crippen LogP contribution in [0.15, 0.2) is 12.8 Å². The van der Waals surface area contributed by atoms with Gasteiger partial charge in [-0.1, -0.05) is 13.5 Å². The molecule has 1 atom stereocenters. The van der Waals surface area contributed by atoms with Crippen molar-refractivity contribution in [2.75, 3.05) is 13.2 Å². The van der Waals surface area contributed by atoms with Crippen molar-refractivity contribution in [1.82, 2.24) is 5.32 Å². The van der Waals surface area contributed by atoms with E-state index in [4.69, 9.17) is 4.74 Å². The molecule has 1 aliphatic carbocycles. The maximum atomic E-state index is 5.05. The molecular formula is C11H21NO. The van der Waals surface area contributed by atoms with Gasteiger partial charge in [-0.05, 0) is 38.1 Å². The third-order valence-corrected chi connectivity index (χ3v) is 2.59. The summed E-state index contributed by atoms with van der Waals surface area (Å²) >= 11 is 0. The first-order valence-electron chi connectivity index (χ1n) is 5.34. The van der Waals surface area contributed by atoms with E-state index >= 15 is 0 Å². The van der Waals surface area contributed by atoms with E-state index < -0.39 is 0 Å². The summed E-state index contributed by atoms with van der Waals surface area (Å²) in [6.45, 7) is 7.63. The number of ether oxygens (including phenoxy) is 1. The molecule has 0 aromatic rings. The summed E-state index contributed by atoms with van der Waals surface area (Å²) in [4.78, 5) is 0. The van der Waals surface area contributed by atoms with E-state index in [-0.39, 0.29) is 0 Å². The van der Waals surface area contributed by atoms with Crippen LogP contribution in [-0.4, -0.2) is 19.2 Å². The molecule has 0 heterocycles. The van der Waals surface area contributed by atoms with Crippen LogP contribution in [-0.2, 0) is 4.74 Å². The Kier molecular flexibility index (Phi) is 4.91. The average Bonchev–Trinajstić information content (AvgIpc) is 2.95. The minimum atomic E-state index is 0.753. The summed E-state index contributed by atoms with van der Waals surface area (Å²) in [5.41, 5.74) is 0. The topological polar surface area (TPSA) is 21.3 Å². The number of hydrogen-bond donors (Lipinski definition) is 1. The maximum absolute atomic E-state index is 5.05. The fraction of sp³-hybridized carbons (Fsp3) is 0.818. The predicted molar refractivity (Wildman–Crippen MR) is 55.6 cm³/mol. The van der Waals surface area contributed by atoms with Gasteiger partial charge in [0.1, 0.15) is 0 Å². The standard InChI is InChI=1S/C11H21NO/c1-3-11(10-6-7-10)12-8-5-9-13-4-2/h4,10-12H,2-3,5-9H2,1H3. The molecule has 1 saturated carbocycles. The molecule has 0 aromatic carbocycles. The van der Waals surface area contributed by atoms with Gasteiger partial charge in [-0.15, -0.1) is 0 Å². The molecule has 0 saturated heterocycles. The Hall–Kier alpha value is -0.500. The molecule has 0 aliphatic heterocycles. The molecule has 2 heteroatoms. The number of hydrogen-bond acceptors (Lipinski definition) is 2. The Morgan fingerprint density at radius 1 is 1.62 bits per heavy atom. The summed E-state index contributed by atoms with van der Waals surface area (Å²) in [5, 5.41) is 3.58. The van der Waals surface area contributed by atoms with E-state index in [0.717, 1.165) is 31.5 Å². The van der Waals surface area contributed by atoms with Crippen LogP contribution in [0.3, 0.4) is 0 Å². The van der Waals surface area contributed by atoms with Gasteiger partial charge in [-0.25, -0.2) is 0 Å². The first-order valence-corrected chi connectivity index (χ1v) is 5.34. The molecule has 0 spiro atoms. The van der Waals surface area contributed by atoms with Crippen LogP contribution in [0.5, 0.6) is 0 Å². The van der Waals surface area contributed by atoms with Crippen LogP contribution in [0.2, 0.25) is 0 Å². The Balaban J connectivity index is 1.93. The van der Waals surface area contributed by atoms with Gasteiger partial charge in [0.2, 0.25) is 0 Å². The fourth-order valence-electron chi connectivity index (χ4n) is 1.67. The van der Waals surface area contributed by atoms with Crippen LogP contribution in [0.1, 0.15) is 32.6 Å². The third kappa shape index (κ3) is 4.32. The van der Waals surface area contributed by atoms with E-state index in [1.807, 2.05) is 0 Å². The molecule has 0 radical (unpaired) electrons. The Labute approximate surface area is 81.4 Å². The van der Waals surface area contributed by atoms with Crippen molar-refractivity contribution in [3.63, 3.8) is 0 Å². The van der Waals surface area contributed by atoms with Gasteiger partial charge in [-0.3, -0.25) is 0 Å². The smallest absolute Gasteiger partial charge is 0.0885 e. The van der Waals surface area contributed by atoms with Gasteiger partial charge >= 0.3 is 0 Å². The quantitative estimate of drug-likeness (QED) is 0.460. The van der Waals surface area contributed by atoms with Crippen LogP contribution in [0, 0.1) is 5.92 Å². The van der Waals surface area contributed by atoms with Crippen molar-refractivity contribution >= 4 is 0 Å². The molecule has 76 valence electrons. The zero-order chi connectivity index (χ0) is 9.52. The van der Waals surface area contributed by atoms with Gasteiger partial charge in [0.05, 0.1) is 12.9 Å². The van der Waals surface area contributed by atoms with Crippen molar-refractivity contribution in [3.8, 4) is 0 Å². The summed E-state index contributed by atoms with van der Waals surface area (Å²) in [6.07, 6.45) is 6.70. The molecule has 0 bridgehead atoms. The molecule has 1 unspecified atom stereocenters. The lowest BCUT2D eigenvalue weighted by atomic mass is 10.1. The van der Waals surface area contributed by atoms with E-state index in [9.17, 15) is 0 Å². The van der Waals surface area contributed by atoms with Crippen LogP contribution >= 0.6 is 0 Å². The third-order valence-electron chi connectivity index (χ3n) is 2.59. The molecule has 1 aliphatic rings. The van der Waals surface area contributed by atoms with Gasteiger partial charge in [0.15, 0.2) is 0 Å². The summed E-state index contributed by atoms with van der Waals surface area (Å²) < 4.78 is 5.05. The lowest BCUT2D eigenvalue weighted by Crippen LogP contribution is -2.31. The van der Waals surface area contributed by atoms with Crippen molar-refractivity contribution < 1.29 is 4.74 Å². The highest BCUT2D eigenvalue weighted by molar-refractivity contribution is 4.85. The van der Waals surface area contributed by atoms with Crippen molar-refractivity contribution in [3.05, 3.63) is 12.8 Å². The fourth-order valence-corrected chi connectivity index (χ4v) is 1.67. The summed E-state index contributed by atoms with van der Waals surface area (Å²) in [7, 11) is 0. The van der Waals surface area contributed by atoms with Crippen LogP contribution in [0.4, 0.5) is 0 Å². The Morgan fingerprint density at radius 3 is 2.92 bits per heavy atom. The van der Waals surface area contributed by atoms with Crippen molar-refractivity contribution in [1.29, 1.82) is 0 Å². The van der Waals surface area contributed by atoms with Gasteiger partial charge in [-0.2, -0.15) is 0 Å². The normalized spacial score (nSPS) is 18.2. The monoisotopic (exact) mass is 183 g/mol. The van der Waals surface area contributed by atoms with Crippen LogP contribution < -0.4 is 5.32 Å². The maximum Gasteiger partial charge on any atom is 0.0885 e. The lowest BCUT2D eigenvalue weighted by Gasteiger charge is -2.15. The molecular weight excluding hydrogens is 162 g/mol. The Bertz CT molecular complexity index is 143. The second kappa shape index (κ2) is 6.03. The molecule has 2 nitrogen and oxygen atoms in total. The first-order chi connectivity index (χ1) is 6.38. The minimum Gasteiger partial charge on any atom is -0.502 e. The van der Waals surface area contributed by atoms with E-state index in [1.54, 1.807) is 0 Å². The van der Waals surface area contributed by atoms with E-state index in [0.29, 0.717) is 0 Å². The second-order valence-electron chi connectivity index (χ2n) is 3.70. The van der Waals surface area contributed by atoms with Gasteiger partial charge in [0, 0.05) is 6.04 Å². The minimum absolute atomic E-state index is 0.753. The first kappa shape index (κ1) is 10.6. The zero-order valence-corrected chi connectivity index (χ0v) is 8.59. The molecule has 1 rings (SSSR count). The molecule has 13 heavy (non-hydrogen) atoms. The average molecular weight is 183 g/mol. The largest absolute Gasteiger partial charge is 0.502 e. The van der Waals surface area contributed by atoms with Gasteiger partial charge < -0.3 is 10.1 Å². The van der Waals surface area contributed by atoms with E-state index in [1.165, 1.54) is 25.5 Å². The lowest BCUT2D eigenvalue weighted by molar-refractivity contribution is 0.241. The summed E-state index contributed by atoms with van der Waals surface area (Å²) in [5.74, 6) is 0.963. The summed E-state index contributed by atoms with van der Waals surface area (Å²) in [6, 6.07) is 0.753. The van der Waals surface area contributed by atoms with Crippen molar-refractivity contribution in [2.45, 2.75) is 38.6 Å². The highest BCUT2D eigenvalue weighted by Gasteiger charge is 2.28. The molecule has 1 N–H and O–H groups in total. The van der Waals surface area contributed by atoms with Crippen molar-refractivity contribution in [2.24, 2.45) is 5.92 Å². The molecule has 0 aromatic heterocycles. The Morgan fingerprint density at radius 2 is 2.38 bits per heavy atom. The number of nitrogens with one attached hydrogen (secondary N) is 1. The second-order valence-corrected chi connectivity index (χ2v) is 3.70. The number of rotatable bonds is 8. The SMILES string of the molecule is C=COCCCNC(CC)C1CC1. The molecule has 0 amide bonds. The highest BCUT2D eigenvalue weighted by atomic mass is 16.5.